The van der Waals surface area contributed by atoms with Gasteiger partial charge in [0.25, 0.3) is 0 Å². The Balaban J connectivity index is 2.51. The lowest BCUT2D eigenvalue weighted by Gasteiger charge is -1.90. The summed E-state index contributed by atoms with van der Waals surface area (Å²) < 4.78 is 0. The highest BCUT2D eigenvalue weighted by atomic mass is 32.1. The maximum Gasteiger partial charge on any atom is 0.180 e. The van der Waals surface area contributed by atoms with Crippen molar-refractivity contribution in [1.82, 2.24) is 4.98 Å². The van der Waals surface area contributed by atoms with Crippen LogP contribution in [0.15, 0.2) is 12.1 Å². The molecule has 0 amide bonds. The zero-order chi connectivity index (χ0) is 9.42. The third-order valence-corrected chi connectivity index (χ3v) is 3.59. The van der Waals surface area contributed by atoms with E-state index in [1.165, 1.54) is 14.6 Å². The minimum atomic E-state index is 0.651. The van der Waals surface area contributed by atoms with Crippen LogP contribution >= 0.6 is 22.7 Å². The van der Waals surface area contributed by atoms with E-state index in [0.29, 0.717) is 5.13 Å². The van der Waals surface area contributed by atoms with Gasteiger partial charge in [0.05, 0.1) is 10.6 Å². The average molecular weight is 210 g/mol. The van der Waals surface area contributed by atoms with Gasteiger partial charge in [-0.05, 0) is 26.0 Å². The van der Waals surface area contributed by atoms with Gasteiger partial charge in [-0.25, -0.2) is 4.98 Å². The third kappa shape index (κ3) is 1.59. The van der Waals surface area contributed by atoms with Crippen LogP contribution in [0, 0.1) is 13.8 Å². The summed E-state index contributed by atoms with van der Waals surface area (Å²) in [5.74, 6) is 0. The van der Waals surface area contributed by atoms with E-state index in [9.17, 15) is 0 Å². The normalized spacial score (nSPS) is 10.6. The molecule has 0 spiro atoms. The van der Waals surface area contributed by atoms with Gasteiger partial charge in [0.1, 0.15) is 0 Å². The van der Waals surface area contributed by atoms with Gasteiger partial charge in [-0.3, -0.25) is 0 Å². The molecule has 2 rings (SSSR count). The Labute approximate surface area is 85.1 Å². The van der Waals surface area contributed by atoms with Gasteiger partial charge in [0.2, 0.25) is 0 Å². The van der Waals surface area contributed by atoms with Crippen molar-refractivity contribution in [3.8, 4) is 10.6 Å². The molecular formula is C9H10N2S2. The van der Waals surface area contributed by atoms with Crippen molar-refractivity contribution >= 4 is 27.8 Å². The fraction of sp³-hybridized carbons (Fsp3) is 0.222. The smallest absolute Gasteiger partial charge is 0.180 e. The lowest BCUT2D eigenvalue weighted by molar-refractivity contribution is 1.40. The molecule has 4 heteroatoms. The molecule has 13 heavy (non-hydrogen) atoms. The lowest BCUT2D eigenvalue weighted by atomic mass is 10.3. The molecule has 0 aliphatic heterocycles. The molecule has 0 aliphatic rings. The highest BCUT2D eigenvalue weighted by molar-refractivity contribution is 7.17. The summed E-state index contributed by atoms with van der Waals surface area (Å²) in [6.07, 6.45) is 0. The van der Waals surface area contributed by atoms with Crippen molar-refractivity contribution in [3.63, 3.8) is 0 Å². The number of rotatable bonds is 1. The quantitative estimate of drug-likeness (QED) is 0.785. The average Bonchev–Trinajstić information content (AvgIpc) is 2.58. The number of anilines is 1. The minimum absolute atomic E-state index is 0.651. The largest absolute Gasteiger partial charge is 0.375 e. The highest BCUT2D eigenvalue weighted by Gasteiger charge is 2.09. The minimum Gasteiger partial charge on any atom is -0.375 e. The van der Waals surface area contributed by atoms with E-state index in [2.05, 4.69) is 31.0 Å². The van der Waals surface area contributed by atoms with Crippen LogP contribution in [0.4, 0.5) is 5.13 Å². The van der Waals surface area contributed by atoms with Crippen LogP contribution in [0.2, 0.25) is 0 Å². The predicted molar refractivity (Wildman–Crippen MR) is 59.3 cm³/mol. The number of thiophene rings is 1. The molecule has 0 unspecified atom stereocenters. The molecule has 0 atom stereocenters. The van der Waals surface area contributed by atoms with E-state index < -0.39 is 0 Å². The fourth-order valence-electron chi connectivity index (χ4n) is 1.21. The lowest BCUT2D eigenvalue weighted by Crippen LogP contribution is -1.81. The van der Waals surface area contributed by atoms with E-state index >= 15 is 0 Å². The maximum absolute atomic E-state index is 5.64. The molecule has 2 heterocycles. The van der Waals surface area contributed by atoms with Crippen LogP contribution in [0.3, 0.4) is 0 Å². The molecule has 0 saturated heterocycles. The van der Waals surface area contributed by atoms with Crippen molar-refractivity contribution in [1.29, 1.82) is 0 Å². The topological polar surface area (TPSA) is 38.9 Å². The maximum atomic E-state index is 5.64. The van der Waals surface area contributed by atoms with E-state index in [-0.39, 0.29) is 0 Å². The molecule has 2 aromatic heterocycles. The second-order valence-electron chi connectivity index (χ2n) is 2.87. The molecule has 0 saturated carbocycles. The van der Waals surface area contributed by atoms with Crippen LogP contribution in [-0.2, 0) is 0 Å². The van der Waals surface area contributed by atoms with Gasteiger partial charge < -0.3 is 5.73 Å². The Kier molecular flexibility index (Phi) is 2.09. The summed E-state index contributed by atoms with van der Waals surface area (Å²) in [5.41, 5.74) is 6.68. The second kappa shape index (κ2) is 3.12. The van der Waals surface area contributed by atoms with Crippen molar-refractivity contribution in [2.45, 2.75) is 13.8 Å². The Morgan fingerprint density at radius 3 is 2.46 bits per heavy atom. The molecule has 0 radical (unpaired) electrons. The van der Waals surface area contributed by atoms with Crippen LogP contribution in [0.1, 0.15) is 9.75 Å². The molecule has 2 N–H and O–H groups in total. The fourth-order valence-corrected chi connectivity index (χ4v) is 2.89. The Bertz CT molecular complexity index is 429. The molecule has 0 bridgehead atoms. The zero-order valence-corrected chi connectivity index (χ0v) is 9.13. The number of nitrogen functional groups attached to an aromatic ring is 1. The Morgan fingerprint density at radius 2 is 2.00 bits per heavy atom. The van der Waals surface area contributed by atoms with Crippen molar-refractivity contribution in [2.24, 2.45) is 0 Å². The van der Waals surface area contributed by atoms with Gasteiger partial charge in [0.15, 0.2) is 5.13 Å². The van der Waals surface area contributed by atoms with Crippen LogP contribution in [-0.4, -0.2) is 4.98 Å². The summed E-state index contributed by atoms with van der Waals surface area (Å²) >= 11 is 3.30. The molecule has 0 aliphatic carbocycles. The van der Waals surface area contributed by atoms with Crippen LogP contribution in [0.25, 0.3) is 10.6 Å². The molecule has 2 nitrogen and oxygen atoms in total. The summed E-state index contributed by atoms with van der Waals surface area (Å²) in [5, 5.41) is 0.651. The van der Waals surface area contributed by atoms with E-state index in [1.807, 2.05) is 0 Å². The molecular weight excluding hydrogens is 200 g/mol. The summed E-state index contributed by atoms with van der Waals surface area (Å²) in [6, 6.07) is 4.20. The number of hydrogen-bond acceptors (Lipinski definition) is 4. The standard InChI is InChI=1S/C9H10N2S2/c1-5-3-4-7(12-5)8-6(2)13-9(10)11-8/h3-4H,1-2H3,(H2,10,11). The van der Waals surface area contributed by atoms with E-state index in [4.69, 9.17) is 5.73 Å². The first-order valence-corrected chi connectivity index (χ1v) is 5.60. The Hall–Kier alpha value is -0.870. The predicted octanol–water partition coefficient (Wildman–Crippen LogP) is 3.07. The van der Waals surface area contributed by atoms with Gasteiger partial charge in [0, 0.05) is 9.75 Å². The summed E-state index contributed by atoms with van der Waals surface area (Å²) in [7, 11) is 0. The third-order valence-electron chi connectivity index (χ3n) is 1.79. The number of thiazole rings is 1. The monoisotopic (exact) mass is 210 g/mol. The number of aromatic nitrogens is 1. The first-order chi connectivity index (χ1) is 6.16. The van der Waals surface area contributed by atoms with E-state index in [0.717, 1.165) is 5.69 Å². The summed E-state index contributed by atoms with van der Waals surface area (Å²) in [6.45, 7) is 4.15. The number of aryl methyl sites for hydroxylation is 2. The second-order valence-corrected chi connectivity index (χ2v) is 5.39. The molecule has 2 aromatic rings. The van der Waals surface area contributed by atoms with Crippen molar-refractivity contribution in [2.75, 3.05) is 5.73 Å². The van der Waals surface area contributed by atoms with Crippen molar-refractivity contribution < 1.29 is 0 Å². The zero-order valence-electron chi connectivity index (χ0n) is 7.50. The van der Waals surface area contributed by atoms with Crippen molar-refractivity contribution in [3.05, 3.63) is 21.9 Å². The van der Waals surface area contributed by atoms with Gasteiger partial charge in [-0.2, -0.15) is 0 Å². The Morgan fingerprint density at radius 1 is 1.23 bits per heavy atom. The molecule has 0 fully saturated rings. The van der Waals surface area contributed by atoms with Crippen LogP contribution < -0.4 is 5.73 Å². The van der Waals surface area contributed by atoms with Gasteiger partial charge >= 0.3 is 0 Å². The number of nitrogens with zero attached hydrogens (tertiary/aromatic N) is 1. The summed E-state index contributed by atoms with van der Waals surface area (Å²) in [4.78, 5) is 8.01. The van der Waals surface area contributed by atoms with Gasteiger partial charge in [-0.15, -0.1) is 22.7 Å². The first kappa shape index (κ1) is 8.72. The van der Waals surface area contributed by atoms with E-state index in [1.54, 1.807) is 22.7 Å². The number of hydrogen-bond donors (Lipinski definition) is 1. The number of nitrogens with two attached hydrogens (primary N) is 1. The highest BCUT2D eigenvalue weighted by Crippen LogP contribution is 2.33. The SMILES string of the molecule is Cc1ccc(-c2nc(N)sc2C)s1. The first-order valence-electron chi connectivity index (χ1n) is 3.96. The van der Waals surface area contributed by atoms with Gasteiger partial charge in [-0.1, -0.05) is 0 Å². The molecule has 0 aromatic carbocycles. The van der Waals surface area contributed by atoms with Crippen LogP contribution in [0.5, 0.6) is 0 Å². The molecule has 68 valence electrons.